The van der Waals surface area contributed by atoms with Gasteiger partial charge < -0.3 is 15.4 Å². The molecule has 0 aliphatic carbocycles. The maximum Gasteiger partial charge on any atom is 0.340 e. The average Bonchev–Trinajstić information content (AvgIpc) is 2.83. The highest BCUT2D eigenvalue weighted by molar-refractivity contribution is 6.31. The van der Waals surface area contributed by atoms with Crippen molar-refractivity contribution >= 4 is 29.2 Å². The molecule has 0 bridgehead atoms. The summed E-state index contributed by atoms with van der Waals surface area (Å²) in [7, 11) is 0. The van der Waals surface area contributed by atoms with Crippen LogP contribution >= 0.6 is 11.6 Å². The number of nitrogens with zero attached hydrogens (tertiary/aromatic N) is 1. The number of benzene rings is 3. The Labute approximate surface area is 216 Å². The predicted molar refractivity (Wildman–Crippen MR) is 140 cm³/mol. The van der Waals surface area contributed by atoms with Crippen LogP contribution < -0.4 is 10.6 Å². The standard InChI is InChI=1S/C29H30ClFN2O3/c1-29(2,3)21-10-6-18(7-11-21)17-36-28(35)24-16-22(30)15-20-5-4-14-33(25(20)24)26(27(32)34)19-8-12-23(31)13-9-19/h6-13,15-16,26H,4-5,14,17H2,1-3H3,(H2,32,34). The zero-order valence-corrected chi connectivity index (χ0v) is 21.4. The quantitative estimate of drug-likeness (QED) is 0.407. The van der Waals surface area contributed by atoms with Crippen LogP contribution in [0.25, 0.3) is 0 Å². The van der Waals surface area contributed by atoms with Gasteiger partial charge in [0.1, 0.15) is 18.5 Å². The Morgan fingerprint density at radius 2 is 1.75 bits per heavy atom. The smallest absolute Gasteiger partial charge is 0.340 e. The largest absolute Gasteiger partial charge is 0.457 e. The van der Waals surface area contributed by atoms with Gasteiger partial charge in [-0.25, -0.2) is 9.18 Å². The van der Waals surface area contributed by atoms with E-state index in [1.54, 1.807) is 17.0 Å². The average molecular weight is 509 g/mol. The summed E-state index contributed by atoms with van der Waals surface area (Å²) in [6.07, 6.45) is 1.43. The summed E-state index contributed by atoms with van der Waals surface area (Å²) in [5.74, 6) is -1.54. The first-order chi connectivity index (χ1) is 17.0. The second kappa shape index (κ2) is 10.3. The number of aryl methyl sites for hydroxylation is 1. The number of primary amides is 1. The molecular formula is C29H30ClFN2O3. The molecule has 0 saturated carbocycles. The number of fused-ring (bicyclic) bond motifs is 1. The third-order valence-corrected chi connectivity index (χ3v) is 6.68. The fourth-order valence-electron chi connectivity index (χ4n) is 4.62. The predicted octanol–water partition coefficient (Wildman–Crippen LogP) is 6.11. The van der Waals surface area contributed by atoms with Gasteiger partial charge in [-0.15, -0.1) is 0 Å². The van der Waals surface area contributed by atoms with Crippen molar-refractivity contribution in [3.8, 4) is 0 Å². The SMILES string of the molecule is CC(C)(C)c1ccc(COC(=O)c2cc(Cl)cc3c2N(C(C(N)=O)c2ccc(F)cc2)CCC3)cc1. The zero-order valence-electron chi connectivity index (χ0n) is 20.7. The molecule has 3 aromatic carbocycles. The summed E-state index contributed by atoms with van der Waals surface area (Å²) in [4.78, 5) is 27.7. The summed E-state index contributed by atoms with van der Waals surface area (Å²) in [5.41, 5.74) is 10.1. The van der Waals surface area contributed by atoms with E-state index in [4.69, 9.17) is 22.1 Å². The van der Waals surface area contributed by atoms with Gasteiger partial charge in [-0.1, -0.05) is 68.8 Å². The van der Waals surface area contributed by atoms with Crippen molar-refractivity contribution in [3.63, 3.8) is 0 Å². The number of halogens is 2. The van der Waals surface area contributed by atoms with Gasteiger partial charge in [-0.3, -0.25) is 4.79 Å². The lowest BCUT2D eigenvalue weighted by atomic mass is 9.87. The topological polar surface area (TPSA) is 72.6 Å². The molecule has 36 heavy (non-hydrogen) atoms. The van der Waals surface area contributed by atoms with Crippen molar-refractivity contribution in [2.45, 2.75) is 51.7 Å². The van der Waals surface area contributed by atoms with E-state index in [9.17, 15) is 14.0 Å². The molecule has 1 aliphatic heterocycles. The molecule has 0 radical (unpaired) electrons. The van der Waals surface area contributed by atoms with Crippen LogP contribution in [-0.2, 0) is 28.0 Å². The normalized spacial score (nSPS) is 14.2. The summed E-state index contributed by atoms with van der Waals surface area (Å²) in [5, 5.41) is 0.412. The zero-order chi connectivity index (χ0) is 26.0. The molecule has 0 saturated heterocycles. The minimum Gasteiger partial charge on any atom is -0.457 e. The fourth-order valence-corrected chi connectivity index (χ4v) is 4.86. The van der Waals surface area contributed by atoms with E-state index in [-0.39, 0.29) is 17.6 Å². The van der Waals surface area contributed by atoms with Crippen LogP contribution in [0.2, 0.25) is 5.02 Å². The molecule has 188 valence electrons. The van der Waals surface area contributed by atoms with Gasteiger partial charge in [-0.2, -0.15) is 0 Å². The highest BCUT2D eigenvalue weighted by atomic mass is 35.5. The number of rotatable bonds is 6. The lowest BCUT2D eigenvalue weighted by molar-refractivity contribution is -0.119. The fraction of sp³-hybridized carbons (Fsp3) is 0.310. The van der Waals surface area contributed by atoms with Gasteiger partial charge in [0.05, 0.1) is 11.3 Å². The molecule has 7 heteroatoms. The summed E-state index contributed by atoms with van der Waals surface area (Å²) in [6, 6.07) is 16.1. The molecule has 4 rings (SSSR count). The summed E-state index contributed by atoms with van der Waals surface area (Å²) in [6.45, 7) is 7.01. The summed E-state index contributed by atoms with van der Waals surface area (Å²) < 4.78 is 19.2. The van der Waals surface area contributed by atoms with Crippen LogP contribution in [0.5, 0.6) is 0 Å². The van der Waals surface area contributed by atoms with Crippen LogP contribution in [0.3, 0.4) is 0 Å². The molecule has 0 spiro atoms. The van der Waals surface area contributed by atoms with Crippen LogP contribution in [0, 0.1) is 5.82 Å². The minimum atomic E-state index is -0.873. The molecule has 0 aromatic heterocycles. The molecule has 1 atom stereocenters. The maximum absolute atomic E-state index is 13.5. The minimum absolute atomic E-state index is 0.0278. The van der Waals surface area contributed by atoms with Crippen molar-refractivity contribution in [2.75, 3.05) is 11.4 Å². The molecule has 0 fully saturated rings. The van der Waals surface area contributed by atoms with Crippen molar-refractivity contribution < 1.29 is 18.7 Å². The second-order valence-corrected chi connectivity index (χ2v) is 10.6. The third-order valence-electron chi connectivity index (χ3n) is 6.46. The molecule has 2 N–H and O–H groups in total. The Hall–Kier alpha value is -3.38. The van der Waals surface area contributed by atoms with Gasteiger partial charge in [0, 0.05) is 11.6 Å². The van der Waals surface area contributed by atoms with Crippen molar-refractivity contribution in [1.82, 2.24) is 0 Å². The molecule has 3 aromatic rings. The monoisotopic (exact) mass is 508 g/mol. The molecule has 1 heterocycles. The Kier molecular flexibility index (Phi) is 7.36. The highest BCUT2D eigenvalue weighted by Gasteiger charge is 2.33. The maximum atomic E-state index is 13.5. The van der Waals surface area contributed by atoms with Crippen LogP contribution in [0.4, 0.5) is 10.1 Å². The van der Waals surface area contributed by atoms with Crippen LogP contribution in [0.1, 0.15) is 65.8 Å². The number of ether oxygens (including phenoxy) is 1. The first kappa shape index (κ1) is 25.7. The number of nitrogens with two attached hydrogens (primary N) is 1. The number of carbonyl (C=O) groups is 2. The Balaban J connectivity index is 1.65. The number of esters is 1. The van der Waals surface area contributed by atoms with E-state index in [0.29, 0.717) is 29.2 Å². The van der Waals surface area contributed by atoms with E-state index in [2.05, 4.69) is 20.8 Å². The van der Waals surface area contributed by atoms with Crippen molar-refractivity contribution in [3.05, 3.63) is 99.3 Å². The first-order valence-corrected chi connectivity index (χ1v) is 12.3. The molecule has 1 unspecified atom stereocenters. The van der Waals surface area contributed by atoms with E-state index in [1.807, 2.05) is 24.3 Å². The Morgan fingerprint density at radius 3 is 2.36 bits per heavy atom. The third kappa shape index (κ3) is 5.54. The second-order valence-electron chi connectivity index (χ2n) is 10.1. The number of hydrogen-bond acceptors (Lipinski definition) is 4. The molecule has 1 amide bonds. The Bertz CT molecular complexity index is 1270. The molecule has 5 nitrogen and oxygen atoms in total. The van der Waals surface area contributed by atoms with E-state index >= 15 is 0 Å². The van der Waals surface area contributed by atoms with Crippen molar-refractivity contribution in [2.24, 2.45) is 5.73 Å². The number of hydrogen-bond donors (Lipinski definition) is 1. The number of anilines is 1. The highest BCUT2D eigenvalue weighted by Crippen LogP contribution is 2.39. The summed E-state index contributed by atoms with van der Waals surface area (Å²) >= 11 is 6.37. The van der Waals surface area contributed by atoms with E-state index in [0.717, 1.165) is 17.5 Å². The van der Waals surface area contributed by atoms with Crippen LogP contribution in [0.15, 0.2) is 60.7 Å². The van der Waals surface area contributed by atoms with Gasteiger partial charge in [0.25, 0.3) is 0 Å². The first-order valence-electron chi connectivity index (χ1n) is 11.9. The van der Waals surface area contributed by atoms with E-state index < -0.39 is 23.7 Å². The van der Waals surface area contributed by atoms with Gasteiger partial charge in [0.15, 0.2) is 0 Å². The Morgan fingerprint density at radius 1 is 1.08 bits per heavy atom. The van der Waals surface area contributed by atoms with Gasteiger partial charge >= 0.3 is 5.97 Å². The van der Waals surface area contributed by atoms with Crippen LogP contribution in [-0.4, -0.2) is 18.4 Å². The molecule has 1 aliphatic rings. The number of carbonyl (C=O) groups excluding carboxylic acids is 2. The van der Waals surface area contributed by atoms with Gasteiger partial charge in [0.2, 0.25) is 5.91 Å². The molecular weight excluding hydrogens is 479 g/mol. The van der Waals surface area contributed by atoms with Gasteiger partial charge in [-0.05, 0) is 64.8 Å². The van der Waals surface area contributed by atoms with E-state index in [1.165, 1.54) is 29.8 Å². The lowest BCUT2D eigenvalue weighted by Gasteiger charge is -2.38. The number of amides is 1. The lowest BCUT2D eigenvalue weighted by Crippen LogP contribution is -2.41. The van der Waals surface area contributed by atoms with Crippen molar-refractivity contribution in [1.29, 1.82) is 0 Å².